The second-order valence-electron chi connectivity index (χ2n) is 3.54. The standard InChI is InChI=1S/C10H10ClF3S/c1-9(2,15-10(12,13)14)7-5-3-4-6-8(7)11/h3-6H,1-2H3. The summed E-state index contributed by atoms with van der Waals surface area (Å²) in [7, 11) is 0. The first-order valence-corrected chi connectivity index (χ1v) is 5.44. The zero-order valence-electron chi connectivity index (χ0n) is 8.23. The molecule has 0 aliphatic rings. The fourth-order valence-electron chi connectivity index (χ4n) is 1.29. The molecule has 0 aliphatic heterocycles. The van der Waals surface area contributed by atoms with E-state index in [9.17, 15) is 13.2 Å². The van der Waals surface area contributed by atoms with Crippen LogP contribution in [0.2, 0.25) is 5.02 Å². The first-order valence-electron chi connectivity index (χ1n) is 4.24. The summed E-state index contributed by atoms with van der Waals surface area (Å²) in [5.74, 6) is 0. The van der Waals surface area contributed by atoms with E-state index in [1.165, 1.54) is 13.8 Å². The van der Waals surface area contributed by atoms with Gasteiger partial charge in [-0.3, -0.25) is 0 Å². The maximum Gasteiger partial charge on any atom is 0.442 e. The van der Waals surface area contributed by atoms with E-state index in [4.69, 9.17) is 11.6 Å². The molecule has 15 heavy (non-hydrogen) atoms. The average Bonchev–Trinajstić information content (AvgIpc) is 1.99. The van der Waals surface area contributed by atoms with Gasteiger partial charge in [-0.2, -0.15) is 13.2 Å². The van der Waals surface area contributed by atoms with Crippen LogP contribution in [0.4, 0.5) is 13.2 Å². The summed E-state index contributed by atoms with van der Waals surface area (Å²) in [4.78, 5) is 0. The van der Waals surface area contributed by atoms with E-state index in [0.717, 1.165) is 0 Å². The van der Waals surface area contributed by atoms with Gasteiger partial charge in [0.15, 0.2) is 0 Å². The van der Waals surface area contributed by atoms with E-state index in [0.29, 0.717) is 10.6 Å². The van der Waals surface area contributed by atoms with E-state index in [-0.39, 0.29) is 11.8 Å². The Bertz CT molecular complexity index is 347. The smallest absolute Gasteiger partial charge is 0.160 e. The number of alkyl halides is 3. The minimum absolute atomic E-state index is 0.0581. The summed E-state index contributed by atoms with van der Waals surface area (Å²) in [6.45, 7) is 3.01. The van der Waals surface area contributed by atoms with E-state index < -0.39 is 10.3 Å². The Morgan fingerprint density at radius 3 is 2.13 bits per heavy atom. The van der Waals surface area contributed by atoms with Crippen molar-refractivity contribution in [3.63, 3.8) is 0 Å². The molecule has 0 aliphatic carbocycles. The largest absolute Gasteiger partial charge is 0.442 e. The van der Waals surface area contributed by atoms with Gasteiger partial charge < -0.3 is 0 Å². The maximum absolute atomic E-state index is 12.3. The molecule has 0 nitrogen and oxygen atoms in total. The second-order valence-corrected chi connectivity index (χ2v) is 5.63. The van der Waals surface area contributed by atoms with Gasteiger partial charge in [0, 0.05) is 9.77 Å². The lowest BCUT2D eigenvalue weighted by Gasteiger charge is -2.26. The van der Waals surface area contributed by atoms with Gasteiger partial charge in [0.1, 0.15) is 0 Å². The maximum atomic E-state index is 12.3. The summed E-state index contributed by atoms with van der Waals surface area (Å²) in [6.07, 6.45) is 0. The van der Waals surface area contributed by atoms with Crippen LogP contribution in [0.5, 0.6) is 0 Å². The van der Waals surface area contributed by atoms with Gasteiger partial charge in [0.25, 0.3) is 0 Å². The third-order valence-corrected chi connectivity index (χ3v) is 3.18. The first kappa shape index (κ1) is 12.7. The highest BCUT2D eigenvalue weighted by Gasteiger charge is 2.39. The Hall–Kier alpha value is -0.350. The Labute approximate surface area is 95.8 Å². The third kappa shape index (κ3) is 3.61. The zero-order valence-corrected chi connectivity index (χ0v) is 9.80. The third-order valence-electron chi connectivity index (χ3n) is 1.89. The Balaban J connectivity index is 3.01. The highest BCUT2D eigenvalue weighted by atomic mass is 35.5. The fourth-order valence-corrected chi connectivity index (χ4v) is 2.59. The molecule has 0 unspecified atom stereocenters. The molecule has 0 saturated heterocycles. The van der Waals surface area contributed by atoms with Crippen LogP contribution in [-0.2, 0) is 4.75 Å². The lowest BCUT2D eigenvalue weighted by molar-refractivity contribution is -0.0341. The minimum Gasteiger partial charge on any atom is -0.160 e. The van der Waals surface area contributed by atoms with Crippen molar-refractivity contribution in [2.75, 3.05) is 0 Å². The summed E-state index contributed by atoms with van der Waals surface area (Å²) in [5, 5.41) is 0.360. The molecule has 84 valence electrons. The van der Waals surface area contributed by atoms with Gasteiger partial charge in [-0.25, -0.2) is 0 Å². The predicted molar refractivity (Wildman–Crippen MR) is 58.1 cm³/mol. The van der Waals surface area contributed by atoms with Crippen LogP contribution in [-0.4, -0.2) is 5.51 Å². The lowest BCUT2D eigenvalue weighted by Crippen LogP contribution is -2.19. The number of rotatable bonds is 2. The molecule has 0 amide bonds. The van der Waals surface area contributed by atoms with Crippen LogP contribution in [0.25, 0.3) is 0 Å². The van der Waals surface area contributed by atoms with Gasteiger partial charge in [-0.05, 0) is 37.2 Å². The lowest BCUT2D eigenvalue weighted by atomic mass is 10.0. The van der Waals surface area contributed by atoms with Gasteiger partial charge >= 0.3 is 5.51 Å². The molecule has 0 bridgehead atoms. The van der Waals surface area contributed by atoms with Crippen molar-refractivity contribution < 1.29 is 13.2 Å². The van der Waals surface area contributed by atoms with Crippen LogP contribution in [0.3, 0.4) is 0 Å². The van der Waals surface area contributed by atoms with E-state index in [2.05, 4.69) is 0 Å². The summed E-state index contributed by atoms with van der Waals surface area (Å²) < 4.78 is 35.8. The van der Waals surface area contributed by atoms with Crippen LogP contribution < -0.4 is 0 Å². The van der Waals surface area contributed by atoms with Gasteiger partial charge in [-0.1, -0.05) is 29.8 Å². The molecule has 0 N–H and O–H groups in total. The van der Waals surface area contributed by atoms with Gasteiger partial charge in [0.05, 0.1) is 0 Å². The van der Waals surface area contributed by atoms with Crippen LogP contribution >= 0.6 is 23.4 Å². The first-order chi connectivity index (χ1) is 6.72. The molecule has 0 radical (unpaired) electrons. The van der Waals surface area contributed by atoms with Crippen molar-refractivity contribution in [3.05, 3.63) is 34.9 Å². The topological polar surface area (TPSA) is 0 Å². The predicted octanol–water partition coefficient (Wildman–Crippen LogP) is 4.83. The average molecular weight is 255 g/mol. The van der Waals surface area contributed by atoms with Gasteiger partial charge in [0.2, 0.25) is 0 Å². The van der Waals surface area contributed by atoms with E-state index >= 15 is 0 Å². The van der Waals surface area contributed by atoms with Gasteiger partial charge in [-0.15, -0.1) is 0 Å². The summed E-state index contributed by atoms with van der Waals surface area (Å²) in [6, 6.07) is 6.58. The molecule has 0 aromatic heterocycles. The molecule has 1 aromatic carbocycles. The SMILES string of the molecule is CC(C)(SC(F)(F)F)c1ccccc1Cl. The van der Waals surface area contributed by atoms with Crippen molar-refractivity contribution in [1.82, 2.24) is 0 Å². The van der Waals surface area contributed by atoms with Crippen molar-refractivity contribution in [3.8, 4) is 0 Å². The monoisotopic (exact) mass is 254 g/mol. The molecule has 0 atom stereocenters. The van der Waals surface area contributed by atoms with Crippen LogP contribution in [0, 0.1) is 0 Å². The summed E-state index contributed by atoms with van der Waals surface area (Å²) >= 11 is 5.80. The number of hydrogen-bond acceptors (Lipinski definition) is 1. The normalized spacial score (nSPS) is 12.9. The van der Waals surface area contributed by atoms with Crippen molar-refractivity contribution in [2.45, 2.75) is 24.1 Å². The number of thioether (sulfide) groups is 1. The molecule has 0 spiro atoms. The number of benzene rings is 1. The molecular weight excluding hydrogens is 245 g/mol. The summed E-state index contributed by atoms with van der Waals surface area (Å²) in [5.41, 5.74) is -3.77. The van der Waals surface area contributed by atoms with E-state index in [1.807, 2.05) is 0 Å². The van der Waals surface area contributed by atoms with Crippen molar-refractivity contribution in [2.24, 2.45) is 0 Å². The minimum atomic E-state index is -4.26. The molecule has 0 fully saturated rings. The highest BCUT2D eigenvalue weighted by molar-refractivity contribution is 8.01. The Kier molecular flexibility index (Phi) is 3.61. The Morgan fingerprint density at radius 1 is 1.13 bits per heavy atom. The molecule has 0 heterocycles. The molecular formula is C10H10ClF3S. The Morgan fingerprint density at radius 2 is 1.67 bits per heavy atom. The quantitative estimate of drug-likeness (QED) is 0.729. The fraction of sp³-hybridized carbons (Fsp3) is 0.400. The second kappa shape index (κ2) is 4.26. The van der Waals surface area contributed by atoms with E-state index in [1.54, 1.807) is 24.3 Å². The zero-order chi connectivity index (χ0) is 11.7. The van der Waals surface area contributed by atoms with Crippen LogP contribution in [0.15, 0.2) is 24.3 Å². The molecule has 0 saturated carbocycles. The molecule has 1 aromatic rings. The molecule has 1 rings (SSSR count). The van der Waals surface area contributed by atoms with Crippen molar-refractivity contribution >= 4 is 23.4 Å². The van der Waals surface area contributed by atoms with Crippen molar-refractivity contribution in [1.29, 1.82) is 0 Å². The number of hydrogen-bond donors (Lipinski definition) is 0. The number of halogens is 4. The molecule has 5 heteroatoms. The van der Waals surface area contributed by atoms with Crippen LogP contribution in [0.1, 0.15) is 19.4 Å². The highest BCUT2D eigenvalue weighted by Crippen LogP contribution is 2.47.